The summed E-state index contributed by atoms with van der Waals surface area (Å²) in [7, 11) is -3.19. The highest BCUT2D eigenvalue weighted by molar-refractivity contribution is 7.90. The lowest BCUT2D eigenvalue weighted by molar-refractivity contribution is 0.318. The standard InChI is InChI=1S/C13H23N3O3S/c1-13(2,3)12-15-11(16-19-12)8-9-14-20(17,18)10-6-4-5-7-10/h10,14H,4-9H2,1-3H3. The number of rotatable bonds is 5. The second kappa shape index (κ2) is 5.81. The predicted octanol–water partition coefficient (Wildman–Crippen LogP) is 1.77. The second-order valence-corrected chi connectivity index (χ2v) is 8.41. The minimum absolute atomic E-state index is 0.186. The maximum absolute atomic E-state index is 12.0. The lowest BCUT2D eigenvalue weighted by Gasteiger charge is -2.11. The normalized spacial score (nSPS) is 17.8. The van der Waals surface area contributed by atoms with Gasteiger partial charge in [0.05, 0.1) is 5.25 Å². The smallest absolute Gasteiger partial charge is 0.232 e. The summed E-state index contributed by atoms with van der Waals surface area (Å²) >= 11 is 0. The fourth-order valence-electron chi connectivity index (χ4n) is 2.28. The average Bonchev–Trinajstić information content (AvgIpc) is 2.99. The third-order valence-electron chi connectivity index (χ3n) is 3.50. The Balaban J connectivity index is 1.85. The summed E-state index contributed by atoms with van der Waals surface area (Å²) < 4.78 is 31.8. The highest BCUT2D eigenvalue weighted by atomic mass is 32.2. The van der Waals surface area contributed by atoms with Crippen LogP contribution in [0.3, 0.4) is 0 Å². The minimum Gasteiger partial charge on any atom is -0.339 e. The quantitative estimate of drug-likeness (QED) is 0.896. The molecule has 1 fully saturated rings. The Labute approximate surface area is 120 Å². The molecule has 0 amide bonds. The Morgan fingerprint density at radius 2 is 1.95 bits per heavy atom. The zero-order valence-corrected chi connectivity index (χ0v) is 13.2. The van der Waals surface area contributed by atoms with Crippen LogP contribution in [0.5, 0.6) is 0 Å². The van der Waals surface area contributed by atoms with E-state index in [0.717, 1.165) is 25.7 Å². The van der Waals surface area contributed by atoms with Crippen LogP contribution in [0.25, 0.3) is 0 Å². The monoisotopic (exact) mass is 301 g/mol. The van der Waals surface area contributed by atoms with Crippen LogP contribution < -0.4 is 4.72 Å². The Bertz CT molecular complexity index is 539. The first-order chi connectivity index (χ1) is 9.29. The van der Waals surface area contributed by atoms with Gasteiger partial charge in [-0.2, -0.15) is 4.98 Å². The largest absolute Gasteiger partial charge is 0.339 e. The van der Waals surface area contributed by atoms with Crippen molar-refractivity contribution in [2.24, 2.45) is 0 Å². The van der Waals surface area contributed by atoms with E-state index in [4.69, 9.17) is 4.52 Å². The van der Waals surface area contributed by atoms with Crippen molar-refractivity contribution in [3.05, 3.63) is 11.7 Å². The van der Waals surface area contributed by atoms with Gasteiger partial charge in [-0.1, -0.05) is 38.8 Å². The fraction of sp³-hybridized carbons (Fsp3) is 0.846. The van der Waals surface area contributed by atoms with Gasteiger partial charge in [-0.25, -0.2) is 13.1 Å². The first-order valence-corrected chi connectivity index (χ1v) is 8.65. The summed E-state index contributed by atoms with van der Waals surface area (Å²) in [5.74, 6) is 1.12. The van der Waals surface area contributed by atoms with Gasteiger partial charge in [0.25, 0.3) is 0 Å². The molecule has 1 heterocycles. The molecule has 0 atom stereocenters. The third-order valence-corrected chi connectivity index (χ3v) is 5.46. The number of aromatic nitrogens is 2. The van der Waals surface area contributed by atoms with Crippen molar-refractivity contribution in [3.8, 4) is 0 Å². The zero-order valence-electron chi connectivity index (χ0n) is 12.3. The summed E-state index contributed by atoms with van der Waals surface area (Å²) in [5, 5.41) is 3.65. The molecule has 1 N–H and O–H groups in total. The molecule has 1 saturated carbocycles. The van der Waals surface area contributed by atoms with Gasteiger partial charge < -0.3 is 4.52 Å². The predicted molar refractivity (Wildman–Crippen MR) is 75.9 cm³/mol. The number of sulfonamides is 1. The molecule has 1 aromatic rings. The molecular formula is C13H23N3O3S. The van der Waals surface area contributed by atoms with Crippen molar-refractivity contribution in [1.29, 1.82) is 0 Å². The molecular weight excluding hydrogens is 278 g/mol. The minimum atomic E-state index is -3.19. The first-order valence-electron chi connectivity index (χ1n) is 7.10. The zero-order chi connectivity index (χ0) is 14.8. The SMILES string of the molecule is CC(C)(C)c1nc(CCNS(=O)(=O)C2CCCC2)no1. The van der Waals surface area contributed by atoms with E-state index in [1.54, 1.807) is 0 Å². The van der Waals surface area contributed by atoms with Crippen LogP contribution >= 0.6 is 0 Å². The van der Waals surface area contributed by atoms with Gasteiger partial charge in [-0.05, 0) is 12.8 Å². The Morgan fingerprint density at radius 1 is 1.30 bits per heavy atom. The summed E-state index contributed by atoms with van der Waals surface area (Å²) in [6, 6.07) is 0. The molecule has 1 aliphatic rings. The van der Waals surface area contributed by atoms with Crippen molar-refractivity contribution in [3.63, 3.8) is 0 Å². The topological polar surface area (TPSA) is 85.1 Å². The van der Waals surface area contributed by atoms with Gasteiger partial charge >= 0.3 is 0 Å². The van der Waals surface area contributed by atoms with Gasteiger partial charge in [0, 0.05) is 18.4 Å². The van der Waals surface area contributed by atoms with Crippen LogP contribution in [0.1, 0.15) is 58.2 Å². The van der Waals surface area contributed by atoms with E-state index in [2.05, 4.69) is 14.9 Å². The van der Waals surface area contributed by atoms with Crippen LogP contribution in [0.4, 0.5) is 0 Å². The van der Waals surface area contributed by atoms with Gasteiger partial charge in [0.1, 0.15) is 0 Å². The van der Waals surface area contributed by atoms with Crippen LogP contribution in [-0.2, 0) is 21.9 Å². The molecule has 0 aliphatic heterocycles. The van der Waals surface area contributed by atoms with Gasteiger partial charge in [-0.15, -0.1) is 0 Å². The summed E-state index contributed by atoms with van der Waals surface area (Å²) in [6.07, 6.45) is 4.00. The maximum atomic E-state index is 12.0. The van der Waals surface area contributed by atoms with Crippen molar-refractivity contribution in [2.75, 3.05) is 6.54 Å². The average molecular weight is 301 g/mol. The van der Waals surface area contributed by atoms with E-state index in [9.17, 15) is 8.42 Å². The molecule has 0 radical (unpaired) electrons. The molecule has 2 rings (SSSR count). The number of nitrogens with one attached hydrogen (secondary N) is 1. The van der Waals surface area contributed by atoms with Crippen molar-refractivity contribution < 1.29 is 12.9 Å². The Hall–Kier alpha value is -0.950. The molecule has 0 spiro atoms. The van der Waals surface area contributed by atoms with Gasteiger partial charge in [0.15, 0.2) is 5.82 Å². The molecule has 1 aromatic heterocycles. The van der Waals surface area contributed by atoms with Crippen molar-refractivity contribution >= 4 is 10.0 Å². The number of hydrogen-bond donors (Lipinski definition) is 1. The van der Waals surface area contributed by atoms with E-state index in [0.29, 0.717) is 24.7 Å². The van der Waals surface area contributed by atoms with Crippen molar-refractivity contribution in [2.45, 2.75) is 63.5 Å². The third kappa shape index (κ3) is 3.79. The van der Waals surface area contributed by atoms with E-state index >= 15 is 0 Å². The molecule has 0 bridgehead atoms. The van der Waals surface area contributed by atoms with Gasteiger partial charge in [0.2, 0.25) is 15.9 Å². The molecule has 20 heavy (non-hydrogen) atoms. The van der Waals surface area contributed by atoms with Crippen molar-refractivity contribution in [1.82, 2.24) is 14.9 Å². The molecule has 1 aliphatic carbocycles. The Morgan fingerprint density at radius 3 is 2.50 bits per heavy atom. The van der Waals surface area contributed by atoms with E-state index < -0.39 is 10.0 Å². The molecule has 0 aromatic carbocycles. The Kier molecular flexibility index (Phi) is 4.49. The van der Waals surface area contributed by atoms with Crippen LogP contribution in [-0.4, -0.2) is 30.4 Å². The summed E-state index contributed by atoms with van der Waals surface area (Å²) in [5.41, 5.74) is -0.186. The highest BCUT2D eigenvalue weighted by Crippen LogP contribution is 2.24. The molecule has 0 unspecified atom stereocenters. The van der Waals surface area contributed by atoms with Crippen LogP contribution in [0, 0.1) is 0 Å². The number of hydrogen-bond acceptors (Lipinski definition) is 5. The maximum Gasteiger partial charge on any atom is 0.232 e. The molecule has 6 nitrogen and oxygen atoms in total. The fourth-order valence-corrected chi connectivity index (χ4v) is 3.86. The molecule has 0 saturated heterocycles. The van der Waals surface area contributed by atoms with E-state index in [1.165, 1.54) is 0 Å². The van der Waals surface area contributed by atoms with Crippen LogP contribution in [0.15, 0.2) is 4.52 Å². The summed E-state index contributed by atoms with van der Waals surface area (Å²) in [4.78, 5) is 4.29. The van der Waals surface area contributed by atoms with Crippen LogP contribution in [0.2, 0.25) is 0 Å². The molecule has 114 valence electrons. The lowest BCUT2D eigenvalue weighted by Crippen LogP contribution is -2.34. The number of nitrogens with zero attached hydrogens (tertiary/aromatic N) is 2. The van der Waals surface area contributed by atoms with Gasteiger partial charge in [-0.3, -0.25) is 0 Å². The summed E-state index contributed by atoms with van der Waals surface area (Å²) in [6.45, 7) is 6.30. The lowest BCUT2D eigenvalue weighted by atomic mass is 9.97. The van der Waals surface area contributed by atoms with E-state index in [1.807, 2.05) is 20.8 Å². The first kappa shape index (κ1) is 15.4. The van der Waals surface area contributed by atoms with E-state index in [-0.39, 0.29) is 10.7 Å². The molecule has 7 heteroatoms. The highest BCUT2D eigenvalue weighted by Gasteiger charge is 2.28. The second-order valence-electron chi connectivity index (χ2n) is 6.36.